The summed E-state index contributed by atoms with van der Waals surface area (Å²) in [7, 11) is 1.56. The van der Waals surface area contributed by atoms with E-state index < -0.39 is 11.4 Å². The van der Waals surface area contributed by atoms with Gasteiger partial charge in [-0.15, -0.1) is 0 Å². The van der Waals surface area contributed by atoms with Crippen molar-refractivity contribution in [3.05, 3.63) is 99.3 Å². The SMILES string of the molecule is COc1c(-c2ccc3c(c2)CN(C(=O)OCc2ccccc2)C3C)ccc2c(=O)c(C(=O)O)cn(C3CC3)c12. The second-order valence-electron chi connectivity index (χ2n) is 10.1. The largest absolute Gasteiger partial charge is 0.494 e. The minimum atomic E-state index is -1.24. The van der Waals surface area contributed by atoms with Crippen molar-refractivity contribution < 1.29 is 24.2 Å². The van der Waals surface area contributed by atoms with Crippen LogP contribution in [0.1, 0.15) is 58.9 Å². The molecule has 8 heteroatoms. The minimum Gasteiger partial charge on any atom is -0.494 e. The number of carboxylic acids is 1. The second kappa shape index (κ2) is 9.62. The number of methoxy groups -OCH3 is 1. The summed E-state index contributed by atoms with van der Waals surface area (Å²) in [5.74, 6) is -0.711. The third kappa shape index (κ3) is 4.31. The summed E-state index contributed by atoms with van der Waals surface area (Å²) < 4.78 is 13.3. The second-order valence-corrected chi connectivity index (χ2v) is 10.1. The number of carbonyl (C=O) groups excluding carboxylic acids is 1. The highest BCUT2D eigenvalue weighted by Gasteiger charge is 2.33. The van der Waals surface area contributed by atoms with E-state index in [1.54, 1.807) is 24.1 Å². The summed E-state index contributed by atoms with van der Waals surface area (Å²) in [4.78, 5) is 39.4. The summed E-state index contributed by atoms with van der Waals surface area (Å²) >= 11 is 0. The molecule has 8 nitrogen and oxygen atoms in total. The van der Waals surface area contributed by atoms with Crippen LogP contribution in [-0.4, -0.2) is 33.7 Å². The number of amides is 1. The van der Waals surface area contributed by atoms with Crippen molar-refractivity contribution in [2.24, 2.45) is 0 Å². The first-order valence-electron chi connectivity index (χ1n) is 13.0. The number of carbonyl (C=O) groups is 2. The van der Waals surface area contributed by atoms with E-state index in [-0.39, 0.29) is 30.3 Å². The van der Waals surface area contributed by atoms with Gasteiger partial charge < -0.3 is 19.1 Å². The highest BCUT2D eigenvalue weighted by molar-refractivity contribution is 5.97. The maximum Gasteiger partial charge on any atom is 0.410 e. The Kier molecular flexibility index (Phi) is 6.10. The van der Waals surface area contributed by atoms with Crippen LogP contribution >= 0.6 is 0 Å². The zero-order chi connectivity index (χ0) is 27.3. The Morgan fingerprint density at radius 1 is 1.05 bits per heavy atom. The van der Waals surface area contributed by atoms with Crippen LogP contribution in [0.3, 0.4) is 0 Å². The molecular formula is C31H28N2O6. The summed E-state index contributed by atoms with van der Waals surface area (Å²) in [6.45, 7) is 2.62. The predicted octanol–water partition coefficient (Wildman–Crippen LogP) is 5.92. The molecule has 1 amide bonds. The smallest absolute Gasteiger partial charge is 0.410 e. The van der Waals surface area contributed by atoms with E-state index in [0.717, 1.165) is 40.7 Å². The topological polar surface area (TPSA) is 98.1 Å². The third-order valence-corrected chi connectivity index (χ3v) is 7.67. The molecular weight excluding hydrogens is 496 g/mol. The Morgan fingerprint density at radius 2 is 1.82 bits per heavy atom. The highest BCUT2D eigenvalue weighted by Crippen LogP contribution is 2.44. The lowest BCUT2D eigenvalue weighted by Gasteiger charge is -2.21. The Morgan fingerprint density at radius 3 is 2.51 bits per heavy atom. The molecule has 39 heavy (non-hydrogen) atoms. The molecule has 0 spiro atoms. The zero-order valence-electron chi connectivity index (χ0n) is 21.7. The van der Waals surface area contributed by atoms with Crippen LogP contribution < -0.4 is 10.2 Å². The molecule has 1 aromatic heterocycles. The minimum absolute atomic E-state index is 0.131. The van der Waals surface area contributed by atoms with E-state index in [9.17, 15) is 19.5 Å². The van der Waals surface area contributed by atoms with Crippen LogP contribution in [0.4, 0.5) is 4.79 Å². The van der Waals surface area contributed by atoms with Gasteiger partial charge in [0, 0.05) is 24.3 Å². The number of pyridine rings is 1. The van der Waals surface area contributed by atoms with Gasteiger partial charge in [-0.1, -0.05) is 42.5 Å². The van der Waals surface area contributed by atoms with Gasteiger partial charge in [-0.05, 0) is 60.2 Å². The van der Waals surface area contributed by atoms with Gasteiger partial charge in [0.15, 0.2) is 5.75 Å². The molecule has 1 aliphatic carbocycles. The zero-order valence-corrected chi connectivity index (χ0v) is 21.7. The van der Waals surface area contributed by atoms with Crippen LogP contribution in [0.15, 0.2) is 71.7 Å². The number of hydrogen-bond donors (Lipinski definition) is 1. The van der Waals surface area contributed by atoms with Crippen molar-refractivity contribution >= 4 is 23.0 Å². The van der Waals surface area contributed by atoms with Crippen LogP contribution in [0.25, 0.3) is 22.0 Å². The molecule has 0 bridgehead atoms. The van der Waals surface area contributed by atoms with E-state index >= 15 is 0 Å². The highest BCUT2D eigenvalue weighted by atomic mass is 16.6. The molecule has 198 valence electrons. The van der Waals surface area contributed by atoms with Gasteiger partial charge in [0.25, 0.3) is 0 Å². The molecule has 1 atom stereocenters. The quantitative estimate of drug-likeness (QED) is 0.336. The molecule has 1 aliphatic heterocycles. The Hall–Kier alpha value is -4.59. The molecule has 1 saturated carbocycles. The first kappa shape index (κ1) is 24.7. The van der Waals surface area contributed by atoms with Crippen LogP contribution in [0.2, 0.25) is 0 Å². The maximum atomic E-state index is 13.0. The first-order valence-corrected chi connectivity index (χ1v) is 13.0. The van der Waals surface area contributed by atoms with E-state index in [1.165, 1.54) is 6.20 Å². The number of nitrogens with zero attached hydrogens (tertiary/aromatic N) is 2. The van der Waals surface area contributed by atoms with E-state index in [2.05, 4.69) is 0 Å². The summed E-state index contributed by atoms with van der Waals surface area (Å²) in [5, 5.41) is 9.92. The first-order chi connectivity index (χ1) is 18.9. The summed E-state index contributed by atoms with van der Waals surface area (Å²) in [6, 6.07) is 19.1. The van der Waals surface area contributed by atoms with Gasteiger partial charge in [-0.3, -0.25) is 9.69 Å². The van der Waals surface area contributed by atoms with Gasteiger partial charge in [-0.2, -0.15) is 0 Å². The molecule has 1 N–H and O–H groups in total. The van der Waals surface area contributed by atoms with Crippen molar-refractivity contribution in [3.63, 3.8) is 0 Å². The Bertz CT molecular complexity index is 1670. The fourth-order valence-corrected chi connectivity index (χ4v) is 5.48. The number of fused-ring (bicyclic) bond motifs is 2. The molecule has 3 aromatic carbocycles. The average Bonchev–Trinajstić information content (AvgIpc) is 3.74. The van der Waals surface area contributed by atoms with Gasteiger partial charge in [0.1, 0.15) is 12.2 Å². The molecule has 0 saturated heterocycles. The standard InChI is InChI=1S/C31H28N2O6/c1-18-23-11-8-20(14-21(23)15-32(18)31(37)39-17-19-6-4-3-5-7-19)24-12-13-25-27(29(24)38-2)33(22-9-10-22)16-26(28(25)34)30(35)36/h3-8,11-14,16,18,22H,9-10,15,17H2,1-2H3,(H,35,36). The summed E-state index contributed by atoms with van der Waals surface area (Å²) in [5.41, 5.74) is 4.52. The summed E-state index contributed by atoms with van der Waals surface area (Å²) in [6.07, 6.45) is 2.91. The van der Waals surface area contributed by atoms with Crippen molar-refractivity contribution in [1.82, 2.24) is 9.47 Å². The monoisotopic (exact) mass is 524 g/mol. The lowest BCUT2D eigenvalue weighted by molar-refractivity contribution is 0.0694. The van der Waals surface area contributed by atoms with Crippen LogP contribution in [-0.2, 0) is 17.9 Å². The lowest BCUT2D eigenvalue weighted by Crippen LogP contribution is -2.28. The molecule has 2 aliphatic rings. The van der Waals surface area contributed by atoms with Crippen LogP contribution in [0.5, 0.6) is 5.75 Å². The van der Waals surface area contributed by atoms with Crippen LogP contribution in [0, 0.1) is 0 Å². The number of aromatic nitrogens is 1. The lowest BCUT2D eigenvalue weighted by atomic mass is 9.96. The van der Waals surface area contributed by atoms with Gasteiger partial charge in [0.05, 0.1) is 24.1 Å². The van der Waals surface area contributed by atoms with Crippen molar-refractivity contribution in [2.75, 3.05) is 7.11 Å². The molecule has 1 fully saturated rings. The Balaban J connectivity index is 1.35. The third-order valence-electron chi connectivity index (χ3n) is 7.67. The number of benzene rings is 3. The molecule has 4 aromatic rings. The number of hydrogen-bond acceptors (Lipinski definition) is 5. The predicted molar refractivity (Wildman–Crippen MR) is 146 cm³/mol. The van der Waals surface area contributed by atoms with Crippen molar-refractivity contribution in [2.45, 2.75) is 45.0 Å². The van der Waals surface area contributed by atoms with Gasteiger partial charge in [0.2, 0.25) is 5.43 Å². The maximum absolute atomic E-state index is 13.0. The van der Waals surface area contributed by atoms with E-state index in [0.29, 0.717) is 23.2 Å². The van der Waals surface area contributed by atoms with Crippen molar-refractivity contribution in [3.8, 4) is 16.9 Å². The average molecular weight is 525 g/mol. The normalized spacial score (nSPS) is 16.3. The van der Waals surface area contributed by atoms with E-state index in [4.69, 9.17) is 9.47 Å². The number of carboxylic acid groups (broad SMARTS) is 1. The molecule has 6 rings (SSSR count). The van der Waals surface area contributed by atoms with Gasteiger partial charge in [-0.25, -0.2) is 9.59 Å². The van der Waals surface area contributed by atoms with E-state index in [1.807, 2.05) is 60.0 Å². The molecule has 0 radical (unpaired) electrons. The molecule has 2 heterocycles. The number of rotatable bonds is 6. The molecule has 1 unspecified atom stereocenters. The number of ether oxygens (including phenoxy) is 2. The fourth-order valence-electron chi connectivity index (χ4n) is 5.48. The Labute approximate surface area is 225 Å². The van der Waals surface area contributed by atoms with Gasteiger partial charge >= 0.3 is 12.1 Å². The van der Waals surface area contributed by atoms with Crippen molar-refractivity contribution in [1.29, 1.82) is 0 Å². The number of aromatic carboxylic acids is 1. The fraction of sp³-hybridized carbons (Fsp3) is 0.258.